The van der Waals surface area contributed by atoms with Gasteiger partial charge in [0, 0.05) is 11.3 Å². The number of methoxy groups -OCH3 is 1. The highest BCUT2D eigenvalue weighted by molar-refractivity contribution is 6.09. The molecule has 35 heavy (non-hydrogen) atoms. The molecular formula is C29H24N4O2. The standard InChI is InChI=1S/C29H24N4O2/c1-20-12-14-22(15-13-20)29(33-26-11-7-6-10-25(26)30-31-33)27(21-8-4-3-5-9-21)28(34)32(29)23-16-18-24(35-2)19-17-23/h3-19,27H,1-2H3. The van der Waals surface area contributed by atoms with E-state index in [4.69, 9.17) is 4.74 Å². The zero-order valence-electron chi connectivity index (χ0n) is 19.5. The molecule has 2 atom stereocenters. The minimum absolute atomic E-state index is 0.00141. The molecule has 0 radical (unpaired) electrons. The Morgan fingerprint density at radius 1 is 0.829 bits per heavy atom. The van der Waals surface area contributed by atoms with Crippen LogP contribution in [0.3, 0.4) is 0 Å². The second-order valence-corrected chi connectivity index (χ2v) is 8.80. The van der Waals surface area contributed by atoms with Gasteiger partial charge in [-0.25, -0.2) is 4.68 Å². The lowest BCUT2D eigenvalue weighted by molar-refractivity contribution is -0.132. The second-order valence-electron chi connectivity index (χ2n) is 8.80. The number of nitrogens with zero attached hydrogens (tertiary/aromatic N) is 4. The van der Waals surface area contributed by atoms with Crippen LogP contribution in [0.1, 0.15) is 22.6 Å². The molecule has 1 aromatic heterocycles. The van der Waals surface area contributed by atoms with Crippen molar-refractivity contribution in [1.82, 2.24) is 15.0 Å². The summed E-state index contributed by atoms with van der Waals surface area (Å²) in [5.41, 5.74) is 4.50. The second kappa shape index (κ2) is 8.09. The van der Waals surface area contributed by atoms with E-state index in [0.29, 0.717) is 0 Å². The molecule has 1 fully saturated rings. The Labute approximate surface area is 203 Å². The summed E-state index contributed by atoms with van der Waals surface area (Å²) in [5.74, 6) is 0.244. The summed E-state index contributed by atoms with van der Waals surface area (Å²) in [6.07, 6.45) is 0. The molecule has 1 aliphatic heterocycles. The normalized spacial score (nSPS) is 19.5. The summed E-state index contributed by atoms with van der Waals surface area (Å²) in [7, 11) is 1.63. The van der Waals surface area contributed by atoms with E-state index in [1.54, 1.807) is 7.11 Å². The number of β-lactam (4-membered cyclic amide) rings is 1. The molecular weight excluding hydrogens is 436 g/mol. The van der Waals surface area contributed by atoms with Gasteiger partial charge in [0.1, 0.15) is 17.2 Å². The zero-order valence-corrected chi connectivity index (χ0v) is 19.5. The van der Waals surface area contributed by atoms with Crippen molar-refractivity contribution in [2.24, 2.45) is 0 Å². The molecule has 2 unspecified atom stereocenters. The minimum atomic E-state index is -0.948. The fourth-order valence-electron chi connectivity index (χ4n) is 5.16. The summed E-state index contributed by atoms with van der Waals surface area (Å²) in [6.45, 7) is 2.06. The van der Waals surface area contributed by atoms with Gasteiger partial charge in [-0.15, -0.1) is 5.10 Å². The predicted octanol–water partition coefficient (Wildman–Crippen LogP) is 5.28. The third kappa shape index (κ3) is 3.06. The Balaban J connectivity index is 1.68. The molecule has 0 saturated carbocycles. The van der Waals surface area contributed by atoms with Crippen LogP contribution in [-0.4, -0.2) is 28.0 Å². The molecule has 0 aliphatic carbocycles. The number of amides is 1. The lowest BCUT2D eigenvalue weighted by Gasteiger charge is -2.57. The Hall–Kier alpha value is -4.45. The summed E-state index contributed by atoms with van der Waals surface area (Å²) >= 11 is 0. The molecule has 4 aromatic carbocycles. The molecule has 1 amide bonds. The number of para-hydroxylation sites is 1. The number of carbonyl (C=O) groups is 1. The van der Waals surface area contributed by atoms with Crippen molar-refractivity contribution < 1.29 is 9.53 Å². The smallest absolute Gasteiger partial charge is 0.241 e. The maximum absolute atomic E-state index is 14.0. The Kier molecular flexibility index (Phi) is 4.88. The van der Waals surface area contributed by atoms with Gasteiger partial charge in [-0.3, -0.25) is 9.69 Å². The van der Waals surface area contributed by atoms with Gasteiger partial charge in [0.15, 0.2) is 5.66 Å². The predicted molar refractivity (Wildman–Crippen MR) is 135 cm³/mol. The third-order valence-electron chi connectivity index (χ3n) is 6.83. The van der Waals surface area contributed by atoms with Gasteiger partial charge in [-0.2, -0.15) is 0 Å². The average molecular weight is 461 g/mol. The van der Waals surface area contributed by atoms with Crippen LogP contribution in [0.4, 0.5) is 5.69 Å². The van der Waals surface area contributed by atoms with Crippen molar-refractivity contribution in [2.45, 2.75) is 18.5 Å². The minimum Gasteiger partial charge on any atom is -0.497 e. The molecule has 0 N–H and O–H groups in total. The molecule has 0 spiro atoms. The summed E-state index contributed by atoms with van der Waals surface area (Å²) < 4.78 is 7.28. The van der Waals surface area contributed by atoms with Gasteiger partial charge in [-0.1, -0.05) is 77.5 Å². The number of aryl methyl sites for hydroxylation is 1. The summed E-state index contributed by atoms with van der Waals surface area (Å²) in [6, 6.07) is 33.7. The molecule has 6 rings (SSSR count). The van der Waals surface area contributed by atoms with Crippen LogP contribution in [0, 0.1) is 6.92 Å². The van der Waals surface area contributed by atoms with Crippen molar-refractivity contribution in [2.75, 3.05) is 12.0 Å². The largest absolute Gasteiger partial charge is 0.497 e. The van der Waals surface area contributed by atoms with Crippen LogP contribution < -0.4 is 9.64 Å². The number of rotatable bonds is 5. The molecule has 172 valence electrons. The van der Waals surface area contributed by atoms with E-state index >= 15 is 0 Å². The Morgan fingerprint density at radius 3 is 2.23 bits per heavy atom. The number of ether oxygens (including phenoxy) is 1. The van der Waals surface area contributed by atoms with Crippen molar-refractivity contribution in [1.29, 1.82) is 0 Å². The number of fused-ring (bicyclic) bond motifs is 1. The Bertz CT molecular complexity index is 1510. The maximum atomic E-state index is 14.0. The monoisotopic (exact) mass is 460 g/mol. The van der Waals surface area contributed by atoms with Crippen LogP contribution in [0.25, 0.3) is 11.0 Å². The fraction of sp³-hybridized carbons (Fsp3) is 0.138. The van der Waals surface area contributed by atoms with Crippen molar-refractivity contribution in [3.05, 3.63) is 120 Å². The lowest BCUT2D eigenvalue weighted by atomic mass is 9.71. The Morgan fingerprint density at radius 2 is 1.51 bits per heavy atom. The van der Waals surface area contributed by atoms with E-state index in [-0.39, 0.29) is 5.91 Å². The first kappa shape index (κ1) is 21.1. The molecule has 1 aliphatic rings. The lowest BCUT2D eigenvalue weighted by Crippen LogP contribution is -2.71. The summed E-state index contributed by atoms with van der Waals surface area (Å²) in [4.78, 5) is 15.9. The van der Waals surface area contributed by atoms with Gasteiger partial charge in [0.05, 0.1) is 12.6 Å². The van der Waals surface area contributed by atoms with Gasteiger partial charge in [0.2, 0.25) is 5.91 Å². The van der Waals surface area contributed by atoms with Gasteiger partial charge in [0.25, 0.3) is 0 Å². The van der Waals surface area contributed by atoms with E-state index in [9.17, 15) is 4.79 Å². The first-order chi connectivity index (χ1) is 17.1. The van der Waals surface area contributed by atoms with Crippen LogP contribution in [-0.2, 0) is 10.5 Å². The quantitative estimate of drug-likeness (QED) is 0.335. The number of benzene rings is 4. The first-order valence-electron chi connectivity index (χ1n) is 11.6. The number of aromatic nitrogens is 3. The number of hydrogen-bond donors (Lipinski definition) is 0. The fourth-order valence-corrected chi connectivity index (χ4v) is 5.16. The molecule has 5 aromatic rings. The maximum Gasteiger partial charge on any atom is 0.241 e. The van der Waals surface area contributed by atoms with Gasteiger partial charge in [-0.05, 0) is 48.9 Å². The number of carbonyl (C=O) groups excluding carboxylic acids is 1. The van der Waals surface area contributed by atoms with Gasteiger partial charge < -0.3 is 4.74 Å². The van der Waals surface area contributed by atoms with Crippen LogP contribution >= 0.6 is 0 Å². The zero-order chi connectivity index (χ0) is 24.0. The van der Waals surface area contributed by atoms with Gasteiger partial charge >= 0.3 is 0 Å². The van der Waals surface area contributed by atoms with E-state index in [1.807, 2.05) is 88.4 Å². The average Bonchev–Trinajstić information content (AvgIpc) is 3.33. The van der Waals surface area contributed by atoms with E-state index in [0.717, 1.165) is 39.2 Å². The summed E-state index contributed by atoms with van der Waals surface area (Å²) in [5, 5.41) is 9.13. The highest BCUT2D eigenvalue weighted by atomic mass is 16.5. The molecule has 1 saturated heterocycles. The number of anilines is 1. The molecule has 2 heterocycles. The molecule has 0 bridgehead atoms. The third-order valence-corrected chi connectivity index (χ3v) is 6.83. The molecule has 6 nitrogen and oxygen atoms in total. The van der Waals surface area contributed by atoms with E-state index in [1.165, 1.54) is 0 Å². The highest BCUT2D eigenvalue weighted by Gasteiger charge is 2.65. The van der Waals surface area contributed by atoms with E-state index < -0.39 is 11.6 Å². The topological polar surface area (TPSA) is 60.2 Å². The van der Waals surface area contributed by atoms with Crippen molar-refractivity contribution >= 4 is 22.6 Å². The van der Waals surface area contributed by atoms with Crippen molar-refractivity contribution in [3.8, 4) is 5.75 Å². The number of hydrogen-bond acceptors (Lipinski definition) is 4. The van der Waals surface area contributed by atoms with Crippen LogP contribution in [0.15, 0.2) is 103 Å². The van der Waals surface area contributed by atoms with Crippen LogP contribution in [0.2, 0.25) is 0 Å². The molecule has 6 heteroatoms. The highest BCUT2D eigenvalue weighted by Crippen LogP contribution is 2.55. The van der Waals surface area contributed by atoms with Crippen molar-refractivity contribution in [3.63, 3.8) is 0 Å². The SMILES string of the molecule is COc1ccc(N2C(=O)C(c3ccccc3)C2(c2ccc(C)cc2)n2nnc3ccccc32)cc1. The first-order valence-corrected chi connectivity index (χ1v) is 11.6. The van der Waals surface area contributed by atoms with Crippen LogP contribution in [0.5, 0.6) is 5.75 Å². The van der Waals surface area contributed by atoms with E-state index in [2.05, 4.69) is 41.5 Å².